The molecule has 1 fully saturated rings. The lowest BCUT2D eigenvalue weighted by atomic mass is 9.95. The number of aryl methyl sites for hydroxylation is 2. The SMILES string of the molecule is CCOC(=O)c1[nH]c2c(-c3c([C@H](O)CCN4CCOCC4)nn(C)c3C)c(F)ccc2c1CCCOc1cccc2cc(F)ccc12. The first-order valence-corrected chi connectivity index (χ1v) is 16.1. The maximum Gasteiger partial charge on any atom is 0.355 e. The monoisotopic (exact) mass is 646 g/mol. The van der Waals surface area contributed by atoms with Gasteiger partial charge in [0.1, 0.15) is 23.1 Å². The molecule has 47 heavy (non-hydrogen) atoms. The zero-order valence-electron chi connectivity index (χ0n) is 26.9. The zero-order valence-corrected chi connectivity index (χ0v) is 26.9. The van der Waals surface area contributed by atoms with E-state index >= 15 is 4.39 Å². The Morgan fingerprint density at radius 3 is 2.68 bits per heavy atom. The van der Waals surface area contributed by atoms with Crippen molar-refractivity contribution in [1.29, 1.82) is 0 Å². The number of nitrogens with one attached hydrogen (secondary N) is 1. The van der Waals surface area contributed by atoms with Gasteiger partial charge in [-0.15, -0.1) is 0 Å². The Morgan fingerprint density at radius 2 is 1.89 bits per heavy atom. The van der Waals surface area contributed by atoms with Crippen LogP contribution < -0.4 is 4.74 Å². The summed E-state index contributed by atoms with van der Waals surface area (Å²) in [5.41, 5.74) is 3.23. The first kappa shape index (κ1) is 32.6. The van der Waals surface area contributed by atoms with Crippen LogP contribution in [0.1, 0.15) is 53.3 Å². The van der Waals surface area contributed by atoms with Gasteiger partial charge in [-0.2, -0.15) is 5.10 Å². The van der Waals surface area contributed by atoms with Crippen molar-refractivity contribution in [1.82, 2.24) is 19.7 Å². The predicted octanol–water partition coefficient (Wildman–Crippen LogP) is 6.25. The average molecular weight is 647 g/mol. The van der Waals surface area contributed by atoms with Crippen LogP contribution in [0.2, 0.25) is 0 Å². The number of hydrogen-bond acceptors (Lipinski definition) is 7. The third-order valence-electron chi connectivity index (χ3n) is 8.89. The minimum atomic E-state index is -0.927. The molecule has 3 heterocycles. The zero-order chi connectivity index (χ0) is 33.1. The highest BCUT2D eigenvalue weighted by Gasteiger charge is 2.29. The van der Waals surface area contributed by atoms with Crippen molar-refractivity contribution < 1.29 is 32.9 Å². The number of hydrogen-bond donors (Lipinski definition) is 2. The number of aliphatic hydroxyl groups is 1. The minimum absolute atomic E-state index is 0.181. The van der Waals surface area contributed by atoms with Gasteiger partial charge >= 0.3 is 5.97 Å². The lowest BCUT2D eigenvalue weighted by molar-refractivity contribution is 0.0297. The summed E-state index contributed by atoms with van der Waals surface area (Å²) in [7, 11) is 1.77. The molecule has 0 aliphatic carbocycles. The summed E-state index contributed by atoms with van der Waals surface area (Å²) in [4.78, 5) is 18.6. The van der Waals surface area contributed by atoms with Gasteiger partial charge < -0.3 is 24.3 Å². The second-order valence-electron chi connectivity index (χ2n) is 11.8. The highest BCUT2D eigenvalue weighted by Crippen LogP contribution is 2.40. The Hall–Kier alpha value is -4.32. The fourth-order valence-corrected chi connectivity index (χ4v) is 6.40. The van der Waals surface area contributed by atoms with Crippen molar-refractivity contribution in [3.8, 4) is 16.9 Å². The molecule has 2 N–H and O–H groups in total. The normalized spacial score (nSPS) is 14.6. The van der Waals surface area contributed by atoms with E-state index in [1.54, 1.807) is 30.8 Å². The third-order valence-corrected chi connectivity index (χ3v) is 8.89. The summed E-state index contributed by atoms with van der Waals surface area (Å²) in [6.45, 7) is 7.66. The topological polar surface area (TPSA) is 102 Å². The van der Waals surface area contributed by atoms with Crippen molar-refractivity contribution in [2.45, 2.75) is 39.2 Å². The molecule has 0 unspecified atom stereocenters. The summed E-state index contributed by atoms with van der Waals surface area (Å²) < 4.78 is 48.2. The molecule has 0 spiro atoms. The Balaban J connectivity index is 1.31. The van der Waals surface area contributed by atoms with E-state index in [1.807, 2.05) is 25.1 Å². The van der Waals surface area contributed by atoms with Crippen molar-refractivity contribution in [2.75, 3.05) is 46.1 Å². The number of halogens is 2. The molecule has 1 aliphatic rings. The van der Waals surface area contributed by atoms with E-state index in [1.165, 1.54) is 18.2 Å². The molecule has 0 saturated carbocycles. The molecule has 248 valence electrons. The summed E-state index contributed by atoms with van der Waals surface area (Å²) in [5, 5.41) is 18.2. The van der Waals surface area contributed by atoms with Gasteiger partial charge in [0.15, 0.2) is 0 Å². The molecule has 1 aliphatic heterocycles. The lowest BCUT2D eigenvalue weighted by Crippen LogP contribution is -2.37. The van der Waals surface area contributed by atoms with Gasteiger partial charge in [0.05, 0.1) is 43.7 Å². The molecule has 1 atom stereocenters. The molecule has 0 radical (unpaired) electrons. The Labute approximate surface area is 272 Å². The van der Waals surface area contributed by atoms with E-state index in [0.717, 1.165) is 23.9 Å². The van der Waals surface area contributed by atoms with Crippen LogP contribution in [0.3, 0.4) is 0 Å². The van der Waals surface area contributed by atoms with Crippen LogP contribution in [0.4, 0.5) is 8.78 Å². The van der Waals surface area contributed by atoms with Crippen molar-refractivity contribution in [3.05, 3.63) is 82.8 Å². The van der Waals surface area contributed by atoms with Crippen LogP contribution in [0, 0.1) is 18.6 Å². The number of H-pyrrole nitrogens is 1. The van der Waals surface area contributed by atoms with Gasteiger partial charge in [-0.05, 0) is 80.5 Å². The van der Waals surface area contributed by atoms with Gasteiger partial charge in [-0.25, -0.2) is 13.6 Å². The highest BCUT2D eigenvalue weighted by atomic mass is 19.1. The number of nitrogens with zero attached hydrogens (tertiary/aromatic N) is 3. The number of aromatic amines is 1. The van der Waals surface area contributed by atoms with Crippen LogP contribution in [0.25, 0.3) is 32.8 Å². The van der Waals surface area contributed by atoms with Gasteiger partial charge in [-0.3, -0.25) is 9.58 Å². The fraction of sp³-hybridized carbons (Fsp3) is 0.389. The fourth-order valence-electron chi connectivity index (χ4n) is 6.40. The summed E-state index contributed by atoms with van der Waals surface area (Å²) >= 11 is 0. The van der Waals surface area contributed by atoms with E-state index in [4.69, 9.17) is 14.2 Å². The molecule has 9 nitrogen and oxygen atoms in total. The van der Waals surface area contributed by atoms with Crippen LogP contribution in [-0.4, -0.2) is 76.8 Å². The summed E-state index contributed by atoms with van der Waals surface area (Å²) in [6, 6.07) is 13.1. The number of fused-ring (bicyclic) bond motifs is 2. The lowest BCUT2D eigenvalue weighted by Gasteiger charge is -2.27. The Morgan fingerprint density at radius 1 is 1.11 bits per heavy atom. The van der Waals surface area contributed by atoms with Crippen LogP contribution >= 0.6 is 0 Å². The largest absolute Gasteiger partial charge is 0.493 e. The van der Waals surface area contributed by atoms with E-state index in [-0.39, 0.29) is 23.7 Å². The molecule has 1 saturated heterocycles. The van der Waals surface area contributed by atoms with E-state index < -0.39 is 17.9 Å². The maximum atomic E-state index is 15.9. The number of morpholine rings is 1. The first-order chi connectivity index (χ1) is 22.8. The van der Waals surface area contributed by atoms with E-state index in [0.29, 0.717) is 84.8 Å². The van der Waals surface area contributed by atoms with Crippen LogP contribution in [0.15, 0.2) is 48.5 Å². The van der Waals surface area contributed by atoms with E-state index in [2.05, 4.69) is 15.0 Å². The van der Waals surface area contributed by atoms with E-state index in [9.17, 15) is 14.3 Å². The molecule has 0 amide bonds. The van der Waals surface area contributed by atoms with Crippen LogP contribution in [0.5, 0.6) is 5.75 Å². The number of benzene rings is 3. The van der Waals surface area contributed by atoms with Crippen LogP contribution in [-0.2, 0) is 22.9 Å². The predicted molar refractivity (Wildman–Crippen MR) is 176 cm³/mol. The minimum Gasteiger partial charge on any atom is -0.493 e. The smallest absolute Gasteiger partial charge is 0.355 e. The quantitative estimate of drug-likeness (QED) is 0.122. The van der Waals surface area contributed by atoms with Gasteiger partial charge in [0.2, 0.25) is 0 Å². The molecule has 5 aromatic rings. The third kappa shape index (κ3) is 6.74. The second kappa shape index (κ2) is 14.2. The first-order valence-electron chi connectivity index (χ1n) is 16.1. The number of ether oxygens (including phenoxy) is 3. The van der Waals surface area contributed by atoms with Gasteiger partial charge in [-0.1, -0.05) is 12.1 Å². The number of aromatic nitrogens is 3. The molecular formula is C36H40F2N4O5. The molecule has 0 bridgehead atoms. The molecular weight excluding hydrogens is 606 g/mol. The number of aliphatic hydroxyl groups excluding tert-OH is 1. The number of carbonyl (C=O) groups excluding carboxylic acids is 1. The molecule has 11 heteroatoms. The number of carbonyl (C=O) groups is 1. The summed E-state index contributed by atoms with van der Waals surface area (Å²) in [6.07, 6.45) is 0.487. The standard InChI is InChI=1S/C36H40F2N4O5/c1-4-46-36(44)34-26(8-6-18-47-30-9-5-7-23-21-24(37)10-11-25(23)30)27-12-13-28(38)32(33(27)39-34)31-22(2)41(3)40-35(31)29(43)14-15-42-16-19-45-20-17-42/h5,7,9-13,21,29,39,43H,4,6,8,14-20H2,1-3H3/t29-/m1/s1. The van der Waals surface area contributed by atoms with Gasteiger partial charge in [0.25, 0.3) is 0 Å². The molecule has 6 rings (SSSR count). The molecule has 3 aromatic carbocycles. The van der Waals surface area contributed by atoms with Crippen molar-refractivity contribution in [3.63, 3.8) is 0 Å². The number of rotatable bonds is 12. The highest BCUT2D eigenvalue weighted by molar-refractivity contribution is 6.04. The van der Waals surface area contributed by atoms with Gasteiger partial charge in [0, 0.05) is 54.3 Å². The Bertz CT molecular complexity index is 1900. The van der Waals surface area contributed by atoms with Crippen molar-refractivity contribution >= 4 is 27.6 Å². The maximum absolute atomic E-state index is 15.9. The summed E-state index contributed by atoms with van der Waals surface area (Å²) in [5.74, 6) is -0.694. The average Bonchev–Trinajstić information content (AvgIpc) is 3.58. The Kier molecular flexibility index (Phi) is 9.86. The van der Waals surface area contributed by atoms with Crippen molar-refractivity contribution in [2.24, 2.45) is 7.05 Å². The number of esters is 1. The second-order valence-corrected chi connectivity index (χ2v) is 11.8. The molecule has 2 aromatic heterocycles.